The van der Waals surface area contributed by atoms with Crippen molar-refractivity contribution in [2.45, 2.75) is 13.0 Å². The van der Waals surface area contributed by atoms with E-state index in [1.54, 1.807) is 25.1 Å². The average Bonchev–Trinajstić information content (AvgIpc) is 3.25. The molecule has 3 heterocycles. The number of aliphatic carboxylic acids is 1. The molecule has 1 fully saturated rings. The fourth-order valence-corrected chi connectivity index (χ4v) is 6.02. The minimum Gasteiger partial charge on any atom is -0.484 e. The number of thiazole rings is 1. The van der Waals surface area contributed by atoms with Gasteiger partial charge in [0.25, 0.3) is 11.5 Å². The van der Waals surface area contributed by atoms with E-state index in [1.807, 2.05) is 67.3 Å². The number of fused-ring (bicyclic) bond motifs is 1. The zero-order valence-corrected chi connectivity index (χ0v) is 24.4. The second kappa shape index (κ2) is 11.7. The van der Waals surface area contributed by atoms with Gasteiger partial charge in [0.15, 0.2) is 11.4 Å². The van der Waals surface area contributed by atoms with Crippen LogP contribution in [0.25, 0.3) is 6.08 Å². The molecule has 1 N–H and O–H groups in total. The van der Waals surface area contributed by atoms with Crippen molar-refractivity contribution >= 4 is 35.0 Å². The van der Waals surface area contributed by atoms with Gasteiger partial charge in [0.2, 0.25) is 0 Å². The summed E-state index contributed by atoms with van der Waals surface area (Å²) in [6.45, 7) is 4.74. The molecule has 3 aromatic rings. The Balaban J connectivity index is 1.40. The highest BCUT2D eigenvalue weighted by atomic mass is 32.1. The zero-order valence-electron chi connectivity index (χ0n) is 23.5. The highest BCUT2D eigenvalue weighted by molar-refractivity contribution is 7.07. The summed E-state index contributed by atoms with van der Waals surface area (Å²) >= 11 is 1.22. The Bertz CT molecular complexity index is 1660. The third kappa shape index (κ3) is 5.96. The summed E-state index contributed by atoms with van der Waals surface area (Å²) in [6.07, 6.45) is 1.76. The molecule has 2 aliphatic rings. The predicted octanol–water partition coefficient (Wildman–Crippen LogP) is 1.54. The number of anilines is 1. The number of carbonyl (C=O) groups excluding carboxylic acids is 1. The molecule has 1 saturated heterocycles. The van der Waals surface area contributed by atoms with Crippen molar-refractivity contribution in [3.8, 4) is 5.75 Å². The van der Waals surface area contributed by atoms with Crippen LogP contribution in [0, 0.1) is 0 Å². The van der Waals surface area contributed by atoms with Crippen molar-refractivity contribution in [3.05, 3.63) is 90.6 Å². The molecule has 2 aliphatic heterocycles. The van der Waals surface area contributed by atoms with Gasteiger partial charge in [-0.1, -0.05) is 35.6 Å². The van der Waals surface area contributed by atoms with Gasteiger partial charge < -0.3 is 24.5 Å². The van der Waals surface area contributed by atoms with E-state index < -0.39 is 12.0 Å². The molecule has 1 aromatic heterocycles. The summed E-state index contributed by atoms with van der Waals surface area (Å²) in [5.41, 5.74) is 2.58. The van der Waals surface area contributed by atoms with Gasteiger partial charge in [0.05, 0.1) is 21.8 Å². The van der Waals surface area contributed by atoms with E-state index in [0.717, 1.165) is 24.3 Å². The number of carboxylic acids is 1. The second-order valence-electron chi connectivity index (χ2n) is 10.4. The number of benzene rings is 2. The molecule has 214 valence electrons. The lowest BCUT2D eigenvalue weighted by atomic mass is 9.95. The number of ether oxygens (including phenoxy) is 1. The lowest BCUT2D eigenvalue weighted by molar-refractivity contribution is -0.135. The van der Waals surface area contributed by atoms with Crippen LogP contribution in [0.4, 0.5) is 5.69 Å². The summed E-state index contributed by atoms with van der Waals surface area (Å²) in [5, 5.41) is 10.0. The van der Waals surface area contributed by atoms with Gasteiger partial charge in [-0.2, -0.15) is 0 Å². The first-order valence-electron chi connectivity index (χ1n) is 13.3. The molecule has 2 aromatic carbocycles. The number of carboxylic acid groups (broad SMARTS) is 1. The highest BCUT2D eigenvalue weighted by Gasteiger charge is 2.32. The molecule has 0 bridgehead atoms. The van der Waals surface area contributed by atoms with Crippen molar-refractivity contribution in [1.29, 1.82) is 0 Å². The van der Waals surface area contributed by atoms with Crippen LogP contribution in [-0.2, 0) is 9.59 Å². The number of piperazine rings is 1. The van der Waals surface area contributed by atoms with Crippen molar-refractivity contribution in [2.75, 3.05) is 58.8 Å². The molecule has 1 unspecified atom stereocenters. The fourth-order valence-electron chi connectivity index (χ4n) is 4.97. The maximum atomic E-state index is 13.7. The monoisotopic (exact) mass is 575 g/mol. The minimum absolute atomic E-state index is 0.0254. The number of nitrogens with zero attached hydrogens (tertiary/aromatic N) is 5. The van der Waals surface area contributed by atoms with Crippen LogP contribution in [0.15, 0.2) is 69.6 Å². The molecule has 0 spiro atoms. The van der Waals surface area contributed by atoms with Crippen LogP contribution in [0.1, 0.15) is 24.1 Å². The number of hydrogen-bond donors (Lipinski definition) is 1. The SMILES string of the molecule is CC1=C(C(=O)O)C(c2ccc(N(C)C)cc2)n2c(s/c(=C\c3ccc(OCC(=O)N4CCN(C)CC4)cc3)c2=O)=N1. The Hall–Kier alpha value is -4.22. The molecule has 10 nitrogen and oxygen atoms in total. The lowest BCUT2D eigenvalue weighted by Gasteiger charge is -2.32. The quantitative estimate of drug-likeness (QED) is 0.456. The van der Waals surface area contributed by atoms with Crippen LogP contribution >= 0.6 is 11.3 Å². The second-order valence-corrected chi connectivity index (χ2v) is 11.4. The van der Waals surface area contributed by atoms with E-state index in [0.29, 0.717) is 39.4 Å². The summed E-state index contributed by atoms with van der Waals surface area (Å²) in [4.78, 5) is 49.3. The number of likely N-dealkylation sites (N-methyl/N-ethyl adjacent to an activating group) is 1. The average molecular weight is 576 g/mol. The maximum absolute atomic E-state index is 13.7. The van der Waals surface area contributed by atoms with E-state index in [9.17, 15) is 19.5 Å². The highest BCUT2D eigenvalue weighted by Crippen LogP contribution is 2.30. The van der Waals surface area contributed by atoms with Crippen LogP contribution < -0.4 is 24.5 Å². The summed E-state index contributed by atoms with van der Waals surface area (Å²) in [6, 6.07) is 13.9. The number of amides is 1. The van der Waals surface area contributed by atoms with E-state index in [4.69, 9.17) is 4.74 Å². The normalized spacial score (nSPS) is 17.7. The molecular weight excluding hydrogens is 542 g/mol. The lowest BCUT2D eigenvalue weighted by Crippen LogP contribution is -2.48. The number of aromatic nitrogens is 1. The maximum Gasteiger partial charge on any atom is 0.335 e. The fraction of sp³-hybridized carbons (Fsp3) is 0.333. The van der Waals surface area contributed by atoms with Crippen LogP contribution in [0.3, 0.4) is 0 Å². The molecule has 0 radical (unpaired) electrons. The number of carbonyl (C=O) groups is 2. The number of rotatable bonds is 7. The molecular formula is C30H33N5O5S. The summed E-state index contributed by atoms with van der Waals surface area (Å²) in [7, 11) is 5.90. The van der Waals surface area contributed by atoms with Gasteiger partial charge in [0, 0.05) is 46.0 Å². The van der Waals surface area contributed by atoms with Gasteiger partial charge in [0.1, 0.15) is 5.75 Å². The van der Waals surface area contributed by atoms with Crippen molar-refractivity contribution in [2.24, 2.45) is 4.99 Å². The van der Waals surface area contributed by atoms with Crippen LogP contribution in [0.2, 0.25) is 0 Å². The van der Waals surface area contributed by atoms with Gasteiger partial charge in [-0.3, -0.25) is 14.2 Å². The molecule has 1 amide bonds. The third-order valence-corrected chi connectivity index (χ3v) is 8.36. The molecule has 41 heavy (non-hydrogen) atoms. The largest absolute Gasteiger partial charge is 0.484 e. The molecule has 0 aliphatic carbocycles. The first-order valence-corrected chi connectivity index (χ1v) is 14.2. The number of allylic oxidation sites excluding steroid dienone is 1. The Morgan fingerprint density at radius 1 is 1.07 bits per heavy atom. The Morgan fingerprint density at radius 2 is 1.73 bits per heavy atom. The molecule has 11 heteroatoms. The van der Waals surface area contributed by atoms with Gasteiger partial charge in [-0.05, 0) is 55.4 Å². The Kier molecular flexibility index (Phi) is 8.09. The van der Waals surface area contributed by atoms with Crippen molar-refractivity contribution in [1.82, 2.24) is 14.4 Å². The summed E-state index contributed by atoms with van der Waals surface area (Å²) in [5.74, 6) is -0.580. The minimum atomic E-state index is -1.11. The smallest absolute Gasteiger partial charge is 0.335 e. The number of hydrogen-bond acceptors (Lipinski definition) is 8. The van der Waals surface area contributed by atoms with Crippen molar-refractivity contribution < 1.29 is 19.4 Å². The zero-order chi connectivity index (χ0) is 29.3. The van der Waals surface area contributed by atoms with E-state index in [1.165, 1.54) is 15.9 Å². The van der Waals surface area contributed by atoms with Crippen LogP contribution in [-0.4, -0.2) is 85.3 Å². The van der Waals surface area contributed by atoms with Crippen LogP contribution in [0.5, 0.6) is 5.75 Å². The van der Waals surface area contributed by atoms with Gasteiger partial charge in [-0.15, -0.1) is 0 Å². The van der Waals surface area contributed by atoms with Gasteiger partial charge >= 0.3 is 5.97 Å². The molecule has 0 saturated carbocycles. The first-order chi connectivity index (χ1) is 19.6. The Labute approximate surface area is 241 Å². The van der Waals surface area contributed by atoms with E-state index in [-0.39, 0.29) is 23.6 Å². The Morgan fingerprint density at radius 3 is 2.34 bits per heavy atom. The standard InChI is InChI=1S/C30H33N5O5S/c1-19-26(29(38)39)27(21-7-9-22(10-8-21)32(2)3)35-28(37)24(41-30(35)31-19)17-20-5-11-23(12-6-20)40-18-25(36)34-15-13-33(4)14-16-34/h5-12,17,27H,13-16,18H2,1-4H3,(H,38,39)/b24-17-. The predicted molar refractivity (Wildman–Crippen MR) is 158 cm³/mol. The third-order valence-electron chi connectivity index (χ3n) is 7.37. The molecule has 1 atom stereocenters. The van der Waals surface area contributed by atoms with Gasteiger partial charge in [-0.25, -0.2) is 9.79 Å². The topological polar surface area (TPSA) is 108 Å². The molecule has 5 rings (SSSR count). The summed E-state index contributed by atoms with van der Waals surface area (Å²) < 4.78 is 7.63. The van der Waals surface area contributed by atoms with E-state index >= 15 is 0 Å². The first kappa shape index (κ1) is 28.3. The van der Waals surface area contributed by atoms with E-state index in [2.05, 4.69) is 9.89 Å². The van der Waals surface area contributed by atoms with Crippen molar-refractivity contribution in [3.63, 3.8) is 0 Å².